The lowest BCUT2D eigenvalue weighted by Gasteiger charge is -2.39. The molecule has 0 saturated carbocycles. The van der Waals surface area contributed by atoms with Gasteiger partial charge in [0.1, 0.15) is 58.5 Å². The predicted molar refractivity (Wildman–Crippen MR) is 199 cm³/mol. The lowest BCUT2D eigenvalue weighted by Crippen LogP contribution is -3.00. The summed E-state index contributed by atoms with van der Waals surface area (Å²) in [5, 5.41) is 67.5. The minimum atomic E-state index is -2.26. The summed E-state index contributed by atoms with van der Waals surface area (Å²) in [5.41, 5.74) is 11.3. The number of hydrogen-bond donors (Lipinski definition) is 8. The standard InChI is InChI=1S/C21H26N4O3.C12H16N4O5.CH4O.2CH4.2ClH.H2/c1-4-17-14(2)20(3,27-12-15-8-6-5-7-9-15)21(26,28-17)18-11-10-16-19(22)23-13-24-25(16)18;1-11(19)9(18)7(4-17)21-12(11,20)8-3-2-6-10(13)14-5-15-16(6)8;1-2;;;;;/h5-11,13-14,17,26H,4,12H2,1-3H3,(H2,22,23,24);2-3,5,7,9,17-20H,4H2,1H3,(H2,13,14,15);2H,1H3;2*1H4;3*1H/p-2/t14-,17-,20-,21?;7-,9-,11-,12?;;;;;;/m11....../s1. The van der Waals surface area contributed by atoms with Crippen LogP contribution in [0.5, 0.6) is 0 Å². The molecule has 19 heteroatoms. The SMILES string of the molecule is C.C.CC[C@H]1OC(O)(c2ccc3c(N)ncnn23)[C@](C)(OCc2ccccc2)[C@@H]1C.CO.C[C@@]1(O)[C@H](O)[C@@H](CO)OC1(O)c1ccc2c(N)ncnn12.[Cl-].[Cl-].[HH]. The maximum Gasteiger partial charge on any atom is 0.242 e. The molecule has 10 N–H and O–H groups in total. The van der Waals surface area contributed by atoms with E-state index in [1.807, 2.05) is 44.2 Å². The fraction of sp³-hybridized carbons (Fsp3) is 0.500. The summed E-state index contributed by atoms with van der Waals surface area (Å²) in [5.74, 6) is -3.45. The van der Waals surface area contributed by atoms with E-state index in [9.17, 15) is 25.5 Å². The topological polar surface area (TPSA) is 261 Å². The molecule has 0 aliphatic carbocycles. The molecule has 0 amide bonds. The van der Waals surface area contributed by atoms with E-state index in [4.69, 9.17) is 30.8 Å². The van der Waals surface area contributed by atoms with Crippen LogP contribution in [0.2, 0.25) is 0 Å². The molecule has 4 aromatic heterocycles. The summed E-state index contributed by atoms with van der Waals surface area (Å²) in [7, 11) is 1.00. The van der Waals surface area contributed by atoms with E-state index >= 15 is 0 Å². The first-order valence-electron chi connectivity index (χ1n) is 16.3. The van der Waals surface area contributed by atoms with Crippen LogP contribution in [-0.4, -0.2) is 103 Å². The molecule has 2 aliphatic rings. The van der Waals surface area contributed by atoms with Crippen LogP contribution in [-0.2, 0) is 32.4 Å². The molecule has 2 aliphatic heterocycles. The van der Waals surface area contributed by atoms with E-state index in [2.05, 4.69) is 27.1 Å². The van der Waals surface area contributed by atoms with E-state index < -0.39 is 41.6 Å². The smallest absolute Gasteiger partial charge is 0.242 e. The van der Waals surface area contributed by atoms with Gasteiger partial charge in [-0.15, -0.1) is 0 Å². The van der Waals surface area contributed by atoms with Gasteiger partial charge in [0, 0.05) is 14.5 Å². The van der Waals surface area contributed by atoms with Gasteiger partial charge in [0.15, 0.2) is 11.6 Å². The Labute approximate surface area is 334 Å². The fourth-order valence-corrected chi connectivity index (χ4v) is 6.73. The Morgan fingerprint density at radius 2 is 1.27 bits per heavy atom. The second-order valence-corrected chi connectivity index (χ2v) is 12.8. The number of aliphatic hydroxyl groups excluding tert-OH is 3. The van der Waals surface area contributed by atoms with Crippen LogP contribution in [0.3, 0.4) is 0 Å². The monoisotopic (exact) mass is 814 g/mol. The molecule has 17 nitrogen and oxygen atoms in total. The van der Waals surface area contributed by atoms with Crippen molar-refractivity contribution in [3.8, 4) is 0 Å². The lowest BCUT2D eigenvalue weighted by molar-refractivity contribution is -0.288. The lowest BCUT2D eigenvalue weighted by atomic mass is 9.81. The number of halogens is 2. The molecule has 1 aromatic carbocycles. The fourth-order valence-electron chi connectivity index (χ4n) is 6.73. The molecular formula is C36H56Cl2N8O9-2. The first-order valence-corrected chi connectivity index (χ1v) is 16.3. The van der Waals surface area contributed by atoms with Crippen LogP contribution in [0.15, 0.2) is 67.3 Å². The largest absolute Gasteiger partial charge is 1.00 e. The number of aliphatic hydroxyl groups is 6. The number of fused-ring (bicyclic) bond motifs is 2. The van der Waals surface area contributed by atoms with Crippen LogP contribution in [0.1, 0.15) is 67.3 Å². The summed E-state index contributed by atoms with van der Waals surface area (Å²) in [6.07, 6.45) is 0.558. The van der Waals surface area contributed by atoms with Crippen LogP contribution < -0.4 is 36.3 Å². The number of nitrogens with zero attached hydrogens (tertiary/aromatic N) is 6. The van der Waals surface area contributed by atoms with Gasteiger partial charge in [0.05, 0.1) is 19.3 Å². The van der Waals surface area contributed by atoms with Gasteiger partial charge < -0.3 is 81.1 Å². The van der Waals surface area contributed by atoms with Crippen molar-refractivity contribution < 1.29 is 71.1 Å². The average molecular weight is 816 g/mol. The van der Waals surface area contributed by atoms with E-state index in [1.165, 1.54) is 30.2 Å². The van der Waals surface area contributed by atoms with Crippen molar-refractivity contribution in [3.63, 3.8) is 0 Å². The summed E-state index contributed by atoms with van der Waals surface area (Å²) >= 11 is 0. The third-order valence-electron chi connectivity index (χ3n) is 9.98. The van der Waals surface area contributed by atoms with E-state index in [0.29, 0.717) is 29.2 Å². The highest BCUT2D eigenvalue weighted by molar-refractivity contribution is 5.66. The summed E-state index contributed by atoms with van der Waals surface area (Å²) < 4.78 is 20.7. The van der Waals surface area contributed by atoms with Crippen LogP contribution >= 0.6 is 0 Å². The number of rotatable bonds is 7. The van der Waals surface area contributed by atoms with Crippen LogP contribution in [0.4, 0.5) is 11.6 Å². The van der Waals surface area contributed by atoms with Gasteiger partial charge in [-0.25, -0.2) is 19.0 Å². The van der Waals surface area contributed by atoms with Crippen LogP contribution in [0.25, 0.3) is 11.0 Å². The van der Waals surface area contributed by atoms with Crippen molar-refractivity contribution in [1.82, 2.24) is 29.2 Å². The van der Waals surface area contributed by atoms with E-state index in [-0.39, 0.29) is 64.6 Å². The summed E-state index contributed by atoms with van der Waals surface area (Å²) in [6.45, 7) is 7.03. The van der Waals surface area contributed by atoms with Gasteiger partial charge >= 0.3 is 0 Å². The Kier molecular flexibility index (Phi) is 17.0. The molecular weight excluding hydrogens is 759 g/mol. The minimum Gasteiger partial charge on any atom is -1.00 e. The quantitative estimate of drug-likeness (QED) is 0.0778. The van der Waals surface area contributed by atoms with Gasteiger partial charge in [-0.3, -0.25) is 0 Å². The zero-order valence-electron chi connectivity index (χ0n) is 29.8. The maximum atomic E-state index is 11.8. The van der Waals surface area contributed by atoms with Crippen molar-refractivity contribution in [2.24, 2.45) is 5.92 Å². The highest BCUT2D eigenvalue weighted by Gasteiger charge is 2.65. The number of benzene rings is 1. The first-order chi connectivity index (χ1) is 24.2. The number of hydrogen-bond acceptors (Lipinski definition) is 15. The second kappa shape index (κ2) is 18.9. The Morgan fingerprint density at radius 1 is 0.800 bits per heavy atom. The Morgan fingerprint density at radius 3 is 1.73 bits per heavy atom. The first kappa shape index (κ1) is 49.3. The van der Waals surface area contributed by atoms with Crippen molar-refractivity contribution >= 4 is 22.7 Å². The van der Waals surface area contributed by atoms with Gasteiger partial charge in [-0.2, -0.15) is 10.2 Å². The molecule has 0 bridgehead atoms. The third-order valence-corrected chi connectivity index (χ3v) is 9.98. The number of anilines is 2. The summed E-state index contributed by atoms with van der Waals surface area (Å²) in [4.78, 5) is 7.84. The third kappa shape index (κ3) is 8.10. The number of ether oxygens (including phenoxy) is 3. The van der Waals surface area contributed by atoms with E-state index in [0.717, 1.165) is 19.1 Å². The Balaban J connectivity index is 0.000000981. The highest BCUT2D eigenvalue weighted by atomic mass is 35.5. The van der Waals surface area contributed by atoms with Crippen molar-refractivity contribution in [2.75, 3.05) is 25.2 Å². The molecule has 2 unspecified atom stereocenters. The van der Waals surface area contributed by atoms with Gasteiger partial charge in [0.25, 0.3) is 0 Å². The predicted octanol–water partition coefficient (Wildman–Crippen LogP) is -4.03. The van der Waals surface area contributed by atoms with Crippen molar-refractivity contribution in [2.45, 2.75) is 96.7 Å². The molecule has 5 aromatic rings. The zero-order valence-corrected chi connectivity index (χ0v) is 31.3. The molecule has 0 spiro atoms. The summed E-state index contributed by atoms with van der Waals surface area (Å²) in [6, 6.07) is 16.5. The van der Waals surface area contributed by atoms with Gasteiger partial charge in [-0.05, 0) is 50.1 Å². The van der Waals surface area contributed by atoms with Gasteiger partial charge in [0.2, 0.25) is 11.6 Å². The number of aromatic nitrogens is 6. The molecule has 310 valence electrons. The normalized spacial score (nSPS) is 29.4. The zero-order chi connectivity index (χ0) is 37.4. The average Bonchev–Trinajstić information content (AvgIpc) is 3.87. The Bertz CT molecular complexity index is 1960. The minimum absolute atomic E-state index is 0. The molecule has 6 heterocycles. The second-order valence-electron chi connectivity index (χ2n) is 12.8. The Hall–Kier alpha value is -3.72. The van der Waals surface area contributed by atoms with Gasteiger partial charge in [-0.1, -0.05) is 59.0 Å². The number of nitrogens with two attached hydrogens (primary N) is 2. The van der Waals surface area contributed by atoms with Crippen molar-refractivity contribution in [3.05, 3.63) is 84.2 Å². The molecule has 55 heavy (non-hydrogen) atoms. The van der Waals surface area contributed by atoms with E-state index in [1.54, 1.807) is 22.7 Å². The number of nitrogen functional groups attached to an aromatic ring is 2. The van der Waals surface area contributed by atoms with Crippen molar-refractivity contribution in [1.29, 1.82) is 0 Å². The highest BCUT2D eigenvalue weighted by Crippen LogP contribution is 2.52. The molecule has 7 rings (SSSR count). The molecule has 8 atom stereocenters. The molecule has 0 radical (unpaired) electrons. The van der Waals surface area contributed by atoms with Crippen LogP contribution in [0, 0.1) is 5.92 Å². The molecule has 2 saturated heterocycles. The molecule has 2 fully saturated rings. The maximum absolute atomic E-state index is 11.8.